The Labute approximate surface area is 132 Å². The zero-order valence-electron chi connectivity index (χ0n) is 12.0. The van der Waals surface area contributed by atoms with E-state index in [1.54, 1.807) is 29.8 Å². The second-order valence-corrected chi connectivity index (χ2v) is 6.52. The monoisotopic (exact) mass is 325 g/mol. The molecule has 0 radical (unpaired) electrons. The molecule has 2 heterocycles. The highest BCUT2D eigenvalue weighted by Gasteiger charge is 2.15. The van der Waals surface area contributed by atoms with Crippen molar-refractivity contribution in [2.45, 2.75) is 13.1 Å². The molecular weight excluding hydrogens is 306 g/mol. The first-order valence-corrected chi connectivity index (χ1v) is 8.44. The highest BCUT2D eigenvalue weighted by molar-refractivity contribution is 7.10. The highest BCUT2D eigenvalue weighted by Crippen LogP contribution is 2.17. The smallest absolute Gasteiger partial charge is 0.249 e. The van der Waals surface area contributed by atoms with Gasteiger partial charge in [0.25, 0.3) is 0 Å². The van der Waals surface area contributed by atoms with Crippen LogP contribution in [0.25, 0.3) is 0 Å². The van der Waals surface area contributed by atoms with Gasteiger partial charge in [0.05, 0.1) is 26.3 Å². The van der Waals surface area contributed by atoms with E-state index < -0.39 is 0 Å². The molecule has 2 aromatic rings. The van der Waals surface area contributed by atoms with Crippen LogP contribution in [0, 0.1) is 0 Å². The maximum atomic E-state index is 12.3. The van der Waals surface area contributed by atoms with Gasteiger partial charge < -0.3 is 14.4 Å². The van der Waals surface area contributed by atoms with Gasteiger partial charge in [-0.15, -0.1) is 22.7 Å². The van der Waals surface area contributed by atoms with Crippen molar-refractivity contribution < 1.29 is 14.3 Å². The molecule has 0 spiro atoms. The molecule has 1 amide bonds. The van der Waals surface area contributed by atoms with Crippen molar-refractivity contribution in [2.75, 3.05) is 26.9 Å². The number of amides is 1. The largest absolute Gasteiger partial charge is 0.382 e. The van der Waals surface area contributed by atoms with Crippen LogP contribution < -0.4 is 0 Å². The number of nitrogens with zero attached hydrogens (tertiary/aromatic N) is 1. The predicted octanol–water partition coefficient (Wildman–Crippen LogP) is 3.00. The summed E-state index contributed by atoms with van der Waals surface area (Å²) < 4.78 is 10.3. The molecule has 4 nitrogen and oxygen atoms in total. The number of thiophene rings is 2. The lowest BCUT2D eigenvalue weighted by Crippen LogP contribution is -2.33. The van der Waals surface area contributed by atoms with E-state index in [-0.39, 0.29) is 12.5 Å². The minimum Gasteiger partial charge on any atom is -0.382 e. The van der Waals surface area contributed by atoms with Gasteiger partial charge in [0.1, 0.15) is 6.61 Å². The lowest BCUT2D eigenvalue weighted by molar-refractivity contribution is -0.137. The van der Waals surface area contributed by atoms with Crippen molar-refractivity contribution >= 4 is 28.6 Å². The molecule has 0 saturated carbocycles. The van der Waals surface area contributed by atoms with E-state index in [4.69, 9.17) is 9.47 Å². The molecule has 0 saturated heterocycles. The van der Waals surface area contributed by atoms with Crippen LogP contribution in [0.5, 0.6) is 0 Å². The summed E-state index contributed by atoms with van der Waals surface area (Å²) in [6, 6.07) is 8.10. The average Bonchev–Trinajstić information content (AvgIpc) is 3.16. The molecular formula is C15H19NO3S2. The summed E-state index contributed by atoms with van der Waals surface area (Å²) in [7, 11) is 1.62. The molecule has 0 fully saturated rings. The standard InChI is InChI=1S/C15H19NO3S2/c1-18-6-7-19-12-15(17)16(10-13-4-2-8-20-13)11-14-5-3-9-21-14/h2-5,8-9H,6-7,10-12H2,1H3. The van der Waals surface area contributed by atoms with Gasteiger partial charge in [-0.3, -0.25) is 4.79 Å². The van der Waals surface area contributed by atoms with Crippen molar-refractivity contribution in [2.24, 2.45) is 0 Å². The third kappa shape index (κ3) is 5.59. The van der Waals surface area contributed by atoms with Crippen LogP contribution in [0.4, 0.5) is 0 Å². The number of hydrogen-bond donors (Lipinski definition) is 0. The molecule has 0 aliphatic rings. The number of carbonyl (C=O) groups is 1. The molecule has 0 atom stereocenters. The van der Waals surface area contributed by atoms with Crippen molar-refractivity contribution in [3.8, 4) is 0 Å². The fourth-order valence-corrected chi connectivity index (χ4v) is 3.25. The summed E-state index contributed by atoms with van der Waals surface area (Å²) in [5.41, 5.74) is 0. The van der Waals surface area contributed by atoms with Crippen LogP contribution in [-0.2, 0) is 27.4 Å². The Hall–Kier alpha value is -1.21. The molecule has 0 bridgehead atoms. The third-order valence-electron chi connectivity index (χ3n) is 2.86. The maximum Gasteiger partial charge on any atom is 0.249 e. The SMILES string of the molecule is COCCOCC(=O)N(Cc1cccs1)Cc1cccs1. The molecule has 0 aromatic carbocycles. The summed E-state index contributed by atoms with van der Waals surface area (Å²) in [4.78, 5) is 16.5. The summed E-state index contributed by atoms with van der Waals surface area (Å²) in [6.45, 7) is 2.29. The quantitative estimate of drug-likeness (QED) is 0.665. The number of carbonyl (C=O) groups excluding carboxylic acids is 1. The predicted molar refractivity (Wildman–Crippen MR) is 85.6 cm³/mol. The molecule has 0 N–H and O–H groups in total. The first kappa shape index (κ1) is 16.2. The molecule has 2 rings (SSSR count). The fourth-order valence-electron chi connectivity index (χ4n) is 1.81. The van der Waals surface area contributed by atoms with Gasteiger partial charge in [-0.1, -0.05) is 12.1 Å². The Morgan fingerprint density at radius 1 is 1.10 bits per heavy atom. The number of hydrogen-bond acceptors (Lipinski definition) is 5. The average molecular weight is 325 g/mol. The summed E-state index contributed by atoms with van der Waals surface area (Å²) in [5.74, 6) is 0.00732. The summed E-state index contributed by atoms with van der Waals surface area (Å²) >= 11 is 3.32. The van der Waals surface area contributed by atoms with Gasteiger partial charge >= 0.3 is 0 Å². The molecule has 2 aromatic heterocycles. The zero-order chi connectivity index (χ0) is 14.9. The zero-order valence-corrected chi connectivity index (χ0v) is 13.6. The first-order valence-electron chi connectivity index (χ1n) is 6.69. The van der Waals surface area contributed by atoms with Crippen molar-refractivity contribution in [3.63, 3.8) is 0 Å². The van der Waals surface area contributed by atoms with E-state index in [9.17, 15) is 4.79 Å². The van der Waals surface area contributed by atoms with Crippen molar-refractivity contribution in [1.82, 2.24) is 4.90 Å². The van der Waals surface area contributed by atoms with Gasteiger partial charge in [0.2, 0.25) is 5.91 Å². The number of methoxy groups -OCH3 is 1. The summed E-state index contributed by atoms with van der Waals surface area (Å²) in [5, 5.41) is 4.05. The van der Waals surface area contributed by atoms with Crippen molar-refractivity contribution in [3.05, 3.63) is 44.8 Å². The molecule has 21 heavy (non-hydrogen) atoms. The Kier molecular flexibility index (Phi) is 6.88. The van der Waals surface area contributed by atoms with Gasteiger partial charge in [-0.2, -0.15) is 0 Å². The van der Waals surface area contributed by atoms with Gasteiger partial charge in [-0.05, 0) is 22.9 Å². The lowest BCUT2D eigenvalue weighted by Gasteiger charge is -2.21. The van der Waals surface area contributed by atoms with E-state index in [0.717, 1.165) is 0 Å². The minimum atomic E-state index is 0.00732. The Morgan fingerprint density at radius 2 is 1.71 bits per heavy atom. The second kappa shape index (κ2) is 8.94. The topological polar surface area (TPSA) is 38.8 Å². The lowest BCUT2D eigenvalue weighted by atomic mass is 10.3. The fraction of sp³-hybridized carbons (Fsp3) is 0.400. The molecule has 6 heteroatoms. The Bertz CT molecular complexity index is 475. The van der Waals surface area contributed by atoms with E-state index in [1.807, 2.05) is 39.9 Å². The highest BCUT2D eigenvalue weighted by atomic mass is 32.1. The van der Waals surface area contributed by atoms with Crippen LogP contribution in [0.2, 0.25) is 0 Å². The number of rotatable bonds is 9. The van der Waals surface area contributed by atoms with Crippen molar-refractivity contribution in [1.29, 1.82) is 0 Å². The Balaban J connectivity index is 1.92. The number of ether oxygens (including phenoxy) is 2. The van der Waals surface area contributed by atoms with E-state index in [1.165, 1.54) is 9.75 Å². The Morgan fingerprint density at radius 3 is 2.19 bits per heavy atom. The normalized spacial score (nSPS) is 10.7. The van der Waals surface area contributed by atoms with Gasteiger partial charge in [0.15, 0.2) is 0 Å². The van der Waals surface area contributed by atoms with E-state index in [0.29, 0.717) is 26.3 Å². The van der Waals surface area contributed by atoms with E-state index >= 15 is 0 Å². The maximum absolute atomic E-state index is 12.3. The molecule has 0 aliphatic carbocycles. The van der Waals surface area contributed by atoms with Crippen LogP contribution in [-0.4, -0.2) is 37.7 Å². The first-order chi connectivity index (χ1) is 10.3. The van der Waals surface area contributed by atoms with E-state index in [2.05, 4.69) is 0 Å². The van der Waals surface area contributed by atoms with Crippen LogP contribution in [0.15, 0.2) is 35.0 Å². The molecule has 0 aliphatic heterocycles. The van der Waals surface area contributed by atoms with Gasteiger partial charge in [-0.25, -0.2) is 0 Å². The van der Waals surface area contributed by atoms with Crippen LogP contribution in [0.1, 0.15) is 9.75 Å². The third-order valence-corrected chi connectivity index (χ3v) is 4.59. The van der Waals surface area contributed by atoms with Crippen LogP contribution in [0.3, 0.4) is 0 Å². The second-order valence-electron chi connectivity index (χ2n) is 4.45. The summed E-state index contributed by atoms with van der Waals surface area (Å²) in [6.07, 6.45) is 0. The van der Waals surface area contributed by atoms with Crippen LogP contribution >= 0.6 is 22.7 Å². The molecule has 114 valence electrons. The molecule has 0 unspecified atom stereocenters. The minimum absolute atomic E-state index is 0.00732. The van der Waals surface area contributed by atoms with Gasteiger partial charge in [0, 0.05) is 16.9 Å².